The van der Waals surface area contributed by atoms with Gasteiger partial charge < -0.3 is 0 Å². The number of nitrogens with one attached hydrogen (secondary N) is 1. The van der Waals surface area contributed by atoms with Gasteiger partial charge in [0.05, 0.1) is 5.75 Å². The first-order valence-electron chi connectivity index (χ1n) is 6.32. The van der Waals surface area contributed by atoms with E-state index in [1.165, 1.54) is 6.07 Å². The third kappa shape index (κ3) is 4.89. The second-order valence-corrected chi connectivity index (χ2v) is 7.10. The first-order valence-corrected chi connectivity index (χ1v) is 8.14. The van der Waals surface area contributed by atoms with Crippen LogP contribution in [0.3, 0.4) is 0 Å². The summed E-state index contributed by atoms with van der Waals surface area (Å²) in [4.78, 5) is 0. The quantitative estimate of drug-likeness (QED) is 0.593. The van der Waals surface area contributed by atoms with E-state index in [0.29, 0.717) is 18.4 Å². The third-order valence-electron chi connectivity index (χ3n) is 3.12. The van der Waals surface area contributed by atoms with Crippen molar-refractivity contribution in [3.63, 3.8) is 0 Å². The molecule has 1 aromatic rings. The van der Waals surface area contributed by atoms with Gasteiger partial charge in [0.15, 0.2) is 0 Å². The van der Waals surface area contributed by atoms with Gasteiger partial charge in [0.2, 0.25) is 0 Å². The summed E-state index contributed by atoms with van der Waals surface area (Å²) in [6, 6.07) is 4.45. The maximum atomic E-state index is 13.7. The monoisotopic (exact) mass is 288 g/mol. The highest BCUT2D eigenvalue weighted by molar-refractivity contribution is 7.91. The van der Waals surface area contributed by atoms with Crippen molar-refractivity contribution >= 4 is 9.84 Å². The van der Waals surface area contributed by atoms with Gasteiger partial charge in [-0.3, -0.25) is 11.3 Å². The van der Waals surface area contributed by atoms with Crippen LogP contribution in [0.4, 0.5) is 4.39 Å². The Labute approximate surface area is 114 Å². The Morgan fingerprint density at radius 2 is 2.11 bits per heavy atom. The van der Waals surface area contributed by atoms with E-state index in [2.05, 4.69) is 5.43 Å². The van der Waals surface area contributed by atoms with Crippen molar-refractivity contribution in [2.24, 2.45) is 5.84 Å². The SMILES string of the molecule is CCS(=O)(=O)CCCC(NN)c1cc(C)ccc1F. The molecule has 0 saturated carbocycles. The maximum absolute atomic E-state index is 13.7. The molecule has 0 fully saturated rings. The van der Waals surface area contributed by atoms with E-state index in [4.69, 9.17) is 5.84 Å². The lowest BCUT2D eigenvalue weighted by atomic mass is 10.0. The predicted octanol–water partition coefficient (Wildman–Crippen LogP) is 1.85. The van der Waals surface area contributed by atoms with Crippen molar-refractivity contribution in [3.8, 4) is 0 Å². The predicted molar refractivity (Wildman–Crippen MR) is 74.8 cm³/mol. The average molecular weight is 288 g/mol. The fourth-order valence-electron chi connectivity index (χ4n) is 1.91. The molecule has 3 N–H and O–H groups in total. The molecule has 0 aliphatic carbocycles. The molecule has 108 valence electrons. The summed E-state index contributed by atoms with van der Waals surface area (Å²) in [5.74, 6) is 5.35. The first kappa shape index (κ1) is 16.1. The number of sulfone groups is 1. The van der Waals surface area contributed by atoms with Gasteiger partial charge in [0, 0.05) is 17.4 Å². The molecule has 0 aromatic heterocycles. The zero-order chi connectivity index (χ0) is 14.5. The molecule has 0 aliphatic heterocycles. The summed E-state index contributed by atoms with van der Waals surface area (Å²) >= 11 is 0. The molecule has 1 rings (SSSR count). The fourth-order valence-corrected chi connectivity index (χ4v) is 2.81. The van der Waals surface area contributed by atoms with Crippen molar-refractivity contribution in [2.75, 3.05) is 11.5 Å². The zero-order valence-corrected chi connectivity index (χ0v) is 12.1. The van der Waals surface area contributed by atoms with Gasteiger partial charge in [-0.15, -0.1) is 0 Å². The van der Waals surface area contributed by atoms with Crippen LogP contribution in [0, 0.1) is 12.7 Å². The highest BCUT2D eigenvalue weighted by Crippen LogP contribution is 2.22. The van der Waals surface area contributed by atoms with Crippen LogP contribution >= 0.6 is 0 Å². The summed E-state index contributed by atoms with van der Waals surface area (Å²) < 4.78 is 36.5. The van der Waals surface area contributed by atoms with Gasteiger partial charge in [-0.2, -0.15) is 0 Å². The zero-order valence-electron chi connectivity index (χ0n) is 11.3. The molecule has 0 bridgehead atoms. The van der Waals surface area contributed by atoms with Gasteiger partial charge in [-0.1, -0.05) is 24.6 Å². The van der Waals surface area contributed by atoms with Crippen LogP contribution in [0.15, 0.2) is 18.2 Å². The topological polar surface area (TPSA) is 72.2 Å². The lowest BCUT2D eigenvalue weighted by molar-refractivity contribution is 0.479. The summed E-state index contributed by atoms with van der Waals surface area (Å²) in [7, 11) is -2.99. The number of hydrogen-bond donors (Lipinski definition) is 2. The Morgan fingerprint density at radius 3 is 2.68 bits per heavy atom. The number of aryl methyl sites for hydroxylation is 1. The van der Waals surface area contributed by atoms with Gasteiger partial charge in [0.25, 0.3) is 0 Å². The van der Waals surface area contributed by atoms with Crippen molar-refractivity contribution in [2.45, 2.75) is 32.7 Å². The molecule has 0 aliphatic rings. The fraction of sp³-hybridized carbons (Fsp3) is 0.538. The minimum atomic E-state index is -2.99. The first-order chi connectivity index (χ1) is 8.89. The highest BCUT2D eigenvalue weighted by atomic mass is 32.2. The van der Waals surface area contributed by atoms with Crippen LogP contribution in [0.5, 0.6) is 0 Å². The molecule has 0 spiro atoms. The molecule has 0 amide bonds. The minimum absolute atomic E-state index is 0.106. The summed E-state index contributed by atoms with van der Waals surface area (Å²) in [5, 5.41) is 0. The van der Waals surface area contributed by atoms with Crippen LogP contribution < -0.4 is 11.3 Å². The summed E-state index contributed by atoms with van der Waals surface area (Å²) in [5.41, 5.74) is 3.98. The van der Waals surface area contributed by atoms with Crippen molar-refractivity contribution in [1.82, 2.24) is 5.43 Å². The van der Waals surface area contributed by atoms with Crippen LogP contribution in [0.2, 0.25) is 0 Å². The molecule has 0 radical (unpaired) electrons. The second kappa shape index (κ2) is 6.98. The molecule has 1 unspecified atom stereocenters. The highest BCUT2D eigenvalue weighted by Gasteiger charge is 2.16. The Hall–Kier alpha value is -0.980. The van der Waals surface area contributed by atoms with E-state index in [-0.39, 0.29) is 23.4 Å². The minimum Gasteiger partial charge on any atom is -0.271 e. The summed E-state index contributed by atoms with van der Waals surface area (Å²) in [6.07, 6.45) is 0.939. The number of nitrogens with two attached hydrogens (primary N) is 1. The van der Waals surface area contributed by atoms with Crippen LogP contribution in [0.1, 0.15) is 36.9 Å². The number of halogens is 1. The number of rotatable bonds is 7. The van der Waals surface area contributed by atoms with Gasteiger partial charge in [-0.25, -0.2) is 12.8 Å². The van der Waals surface area contributed by atoms with E-state index < -0.39 is 9.84 Å². The number of hydrazine groups is 1. The number of benzene rings is 1. The Kier molecular flexibility index (Phi) is 5.90. The molecule has 0 saturated heterocycles. The largest absolute Gasteiger partial charge is 0.271 e. The molecular weight excluding hydrogens is 267 g/mol. The lowest BCUT2D eigenvalue weighted by Gasteiger charge is -2.17. The Balaban J connectivity index is 2.71. The Morgan fingerprint density at radius 1 is 1.42 bits per heavy atom. The van der Waals surface area contributed by atoms with Crippen LogP contribution in [0.25, 0.3) is 0 Å². The third-order valence-corrected chi connectivity index (χ3v) is 4.91. The van der Waals surface area contributed by atoms with Gasteiger partial charge in [0.1, 0.15) is 15.7 Å². The van der Waals surface area contributed by atoms with Crippen LogP contribution in [-0.2, 0) is 9.84 Å². The molecule has 0 heterocycles. The smallest absolute Gasteiger partial charge is 0.150 e. The van der Waals surface area contributed by atoms with E-state index >= 15 is 0 Å². The maximum Gasteiger partial charge on any atom is 0.150 e. The molecular formula is C13H21FN2O2S. The van der Waals surface area contributed by atoms with E-state index in [0.717, 1.165) is 5.56 Å². The molecule has 1 aromatic carbocycles. The Bertz CT molecular complexity index is 517. The number of hydrogen-bond acceptors (Lipinski definition) is 4. The van der Waals surface area contributed by atoms with Crippen molar-refractivity contribution in [1.29, 1.82) is 0 Å². The van der Waals surface area contributed by atoms with Crippen LogP contribution in [-0.4, -0.2) is 19.9 Å². The molecule has 4 nitrogen and oxygen atoms in total. The van der Waals surface area contributed by atoms with Gasteiger partial charge >= 0.3 is 0 Å². The van der Waals surface area contributed by atoms with Gasteiger partial charge in [-0.05, 0) is 25.8 Å². The molecule has 1 atom stereocenters. The molecule has 6 heteroatoms. The second-order valence-electron chi connectivity index (χ2n) is 4.62. The molecule has 19 heavy (non-hydrogen) atoms. The summed E-state index contributed by atoms with van der Waals surface area (Å²) in [6.45, 7) is 3.49. The van der Waals surface area contributed by atoms with Crippen molar-refractivity contribution in [3.05, 3.63) is 35.1 Å². The van der Waals surface area contributed by atoms with E-state index in [1.807, 2.05) is 6.92 Å². The normalized spacial score (nSPS) is 13.5. The van der Waals surface area contributed by atoms with E-state index in [1.54, 1.807) is 19.1 Å². The van der Waals surface area contributed by atoms with E-state index in [9.17, 15) is 12.8 Å². The van der Waals surface area contributed by atoms with Crippen molar-refractivity contribution < 1.29 is 12.8 Å². The standard InChI is InChI=1S/C13H21FN2O2S/c1-3-19(17,18)8-4-5-13(16-15)11-9-10(2)6-7-12(11)14/h6-7,9,13,16H,3-5,8,15H2,1-2H3. The average Bonchev–Trinajstić information content (AvgIpc) is 2.38. The lowest BCUT2D eigenvalue weighted by Crippen LogP contribution is -2.29.